The van der Waals surface area contributed by atoms with Crippen LogP contribution in [0.2, 0.25) is 0 Å². The molecule has 1 aromatic rings. The van der Waals surface area contributed by atoms with E-state index in [2.05, 4.69) is 4.90 Å². The Morgan fingerprint density at radius 3 is 2.36 bits per heavy atom. The number of amides is 3. The maximum absolute atomic E-state index is 12.6. The van der Waals surface area contributed by atoms with Crippen LogP contribution in [0, 0.1) is 0 Å². The van der Waals surface area contributed by atoms with Crippen molar-refractivity contribution in [1.82, 2.24) is 9.80 Å². The molecule has 3 saturated heterocycles. The van der Waals surface area contributed by atoms with Crippen molar-refractivity contribution in [1.29, 1.82) is 0 Å². The molecule has 4 rings (SSSR count). The molecular formula is C18H23N3O4. The first-order chi connectivity index (χ1) is 12.1. The van der Waals surface area contributed by atoms with Crippen LogP contribution in [0.5, 0.6) is 11.5 Å². The zero-order chi connectivity index (χ0) is 17.6. The van der Waals surface area contributed by atoms with Gasteiger partial charge in [0, 0.05) is 43.5 Å². The summed E-state index contributed by atoms with van der Waals surface area (Å²) in [6, 6.07) is 5.34. The minimum absolute atomic E-state index is 0.0161. The van der Waals surface area contributed by atoms with Gasteiger partial charge in [-0.1, -0.05) is 0 Å². The highest BCUT2D eigenvalue weighted by Crippen LogP contribution is 2.34. The van der Waals surface area contributed by atoms with E-state index in [1.54, 1.807) is 19.1 Å². The second-order valence-corrected chi connectivity index (χ2v) is 6.80. The van der Waals surface area contributed by atoms with E-state index in [0.717, 1.165) is 43.0 Å². The van der Waals surface area contributed by atoms with E-state index >= 15 is 0 Å². The van der Waals surface area contributed by atoms with E-state index in [1.807, 2.05) is 18.2 Å². The number of carbonyl (C=O) groups excluding carboxylic acids is 2. The number of anilines is 1. The molecule has 1 aromatic carbocycles. The normalized spacial score (nSPS) is 25.8. The van der Waals surface area contributed by atoms with Gasteiger partial charge in [-0.3, -0.25) is 9.69 Å². The Bertz CT molecular complexity index is 663. The van der Waals surface area contributed by atoms with Gasteiger partial charge in [-0.2, -0.15) is 0 Å². The molecule has 7 heteroatoms. The summed E-state index contributed by atoms with van der Waals surface area (Å²) in [6.45, 7) is 2.15. The molecule has 0 saturated carbocycles. The SMILES string of the molecule is COc1cc(OC)cc(N2CC[C@H](N3C(=O)[C@@H]4CCCN4C3=O)C2)c1. The fourth-order valence-corrected chi connectivity index (χ4v) is 4.14. The van der Waals surface area contributed by atoms with Crippen LogP contribution >= 0.6 is 0 Å². The summed E-state index contributed by atoms with van der Waals surface area (Å²) >= 11 is 0. The maximum Gasteiger partial charge on any atom is 0.327 e. The molecule has 25 heavy (non-hydrogen) atoms. The quantitative estimate of drug-likeness (QED) is 0.778. The van der Waals surface area contributed by atoms with Crippen LogP contribution in [0.25, 0.3) is 0 Å². The number of fused-ring (bicyclic) bond motifs is 1. The van der Waals surface area contributed by atoms with Gasteiger partial charge in [-0.25, -0.2) is 4.79 Å². The monoisotopic (exact) mass is 345 g/mol. The number of hydrogen-bond acceptors (Lipinski definition) is 5. The molecule has 0 spiro atoms. The molecular weight excluding hydrogens is 322 g/mol. The highest BCUT2D eigenvalue weighted by Gasteiger charge is 2.50. The van der Waals surface area contributed by atoms with E-state index in [9.17, 15) is 9.59 Å². The van der Waals surface area contributed by atoms with Gasteiger partial charge in [-0.15, -0.1) is 0 Å². The number of benzene rings is 1. The number of rotatable bonds is 4. The van der Waals surface area contributed by atoms with Crippen molar-refractivity contribution in [2.24, 2.45) is 0 Å². The van der Waals surface area contributed by atoms with E-state index in [-0.39, 0.29) is 24.0 Å². The number of ether oxygens (including phenoxy) is 2. The van der Waals surface area contributed by atoms with Crippen molar-refractivity contribution < 1.29 is 19.1 Å². The van der Waals surface area contributed by atoms with Gasteiger partial charge < -0.3 is 19.3 Å². The third-order valence-electron chi connectivity index (χ3n) is 5.46. The first kappa shape index (κ1) is 16.1. The lowest BCUT2D eigenvalue weighted by Gasteiger charge is -2.24. The molecule has 3 amide bonds. The number of urea groups is 1. The largest absolute Gasteiger partial charge is 0.497 e. The molecule has 134 valence electrons. The summed E-state index contributed by atoms with van der Waals surface area (Å²) in [4.78, 5) is 30.7. The third-order valence-corrected chi connectivity index (χ3v) is 5.46. The maximum atomic E-state index is 12.6. The summed E-state index contributed by atoms with van der Waals surface area (Å²) in [5.74, 6) is 1.44. The van der Waals surface area contributed by atoms with E-state index < -0.39 is 0 Å². The van der Waals surface area contributed by atoms with Crippen LogP contribution in [0.3, 0.4) is 0 Å². The predicted molar refractivity (Wildman–Crippen MR) is 92.1 cm³/mol. The molecule has 0 N–H and O–H groups in total. The Hall–Kier alpha value is -2.44. The van der Waals surface area contributed by atoms with Crippen LogP contribution in [0.15, 0.2) is 18.2 Å². The molecule has 3 aliphatic heterocycles. The van der Waals surface area contributed by atoms with Gasteiger partial charge in [0.05, 0.1) is 20.3 Å². The van der Waals surface area contributed by atoms with Gasteiger partial charge in [0.2, 0.25) is 0 Å². The number of nitrogens with zero attached hydrogens (tertiary/aromatic N) is 3. The summed E-state index contributed by atoms with van der Waals surface area (Å²) in [5.41, 5.74) is 0.985. The highest BCUT2D eigenvalue weighted by atomic mass is 16.5. The first-order valence-electron chi connectivity index (χ1n) is 8.74. The molecule has 0 unspecified atom stereocenters. The zero-order valence-electron chi connectivity index (χ0n) is 14.6. The third kappa shape index (κ3) is 2.58. The summed E-state index contributed by atoms with van der Waals surface area (Å²) < 4.78 is 10.7. The molecule has 2 atom stereocenters. The number of imide groups is 1. The fourth-order valence-electron chi connectivity index (χ4n) is 4.14. The Morgan fingerprint density at radius 2 is 1.72 bits per heavy atom. The summed E-state index contributed by atoms with van der Waals surface area (Å²) in [5, 5.41) is 0. The Labute approximate surface area is 147 Å². The van der Waals surface area contributed by atoms with Crippen LogP contribution in [0.4, 0.5) is 10.5 Å². The topological polar surface area (TPSA) is 62.3 Å². The van der Waals surface area contributed by atoms with Gasteiger partial charge in [0.25, 0.3) is 5.91 Å². The summed E-state index contributed by atoms with van der Waals surface area (Å²) in [7, 11) is 3.25. The lowest BCUT2D eigenvalue weighted by Crippen LogP contribution is -2.43. The molecule has 3 aliphatic rings. The molecule has 3 fully saturated rings. The smallest absolute Gasteiger partial charge is 0.327 e. The Kier molecular flexibility index (Phi) is 3.94. The average molecular weight is 345 g/mol. The van der Waals surface area contributed by atoms with E-state index in [0.29, 0.717) is 13.1 Å². The van der Waals surface area contributed by atoms with E-state index in [4.69, 9.17) is 9.47 Å². The van der Waals surface area contributed by atoms with Crippen LogP contribution in [-0.2, 0) is 4.79 Å². The number of methoxy groups -OCH3 is 2. The van der Waals surface area contributed by atoms with Gasteiger partial charge in [0.1, 0.15) is 17.5 Å². The molecule has 3 heterocycles. The van der Waals surface area contributed by atoms with Crippen molar-refractivity contribution in [3.8, 4) is 11.5 Å². The minimum Gasteiger partial charge on any atom is -0.497 e. The molecule has 0 aromatic heterocycles. The molecule has 0 aliphatic carbocycles. The first-order valence-corrected chi connectivity index (χ1v) is 8.74. The standard InChI is InChI=1S/C18H23N3O4/c1-24-14-8-13(9-15(10-14)25-2)19-7-5-12(11-19)21-17(22)16-4-3-6-20(16)18(21)23/h8-10,12,16H,3-7,11H2,1-2H3/t12-,16-/m0/s1. The molecule has 0 bridgehead atoms. The lowest BCUT2D eigenvalue weighted by atomic mass is 10.2. The van der Waals surface area contributed by atoms with Crippen molar-refractivity contribution >= 4 is 17.6 Å². The average Bonchev–Trinajstić information content (AvgIpc) is 3.34. The molecule has 0 radical (unpaired) electrons. The Morgan fingerprint density at radius 1 is 1.00 bits per heavy atom. The zero-order valence-corrected chi connectivity index (χ0v) is 14.6. The van der Waals surface area contributed by atoms with Gasteiger partial charge in [-0.05, 0) is 19.3 Å². The van der Waals surface area contributed by atoms with Crippen molar-refractivity contribution in [3.05, 3.63) is 18.2 Å². The van der Waals surface area contributed by atoms with Gasteiger partial charge >= 0.3 is 6.03 Å². The number of carbonyl (C=O) groups is 2. The second kappa shape index (κ2) is 6.13. The van der Waals surface area contributed by atoms with Crippen LogP contribution < -0.4 is 14.4 Å². The Balaban J connectivity index is 1.52. The predicted octanol–water partition coefficient (Wildman–Crippen LogP) is 1.71. The van der Waals surface area contributed by atoms with Crippen molar-refractivity contribution in [3.63, 3.8) is 0 Å². The summed E-state index contributed by atoms with van der Waals surface area (Å²) in [6.07, 6.45) is 2.51. The lowest BCUT2D eigenvalue weighted by molar-refractivity contribution is -0.129. The van der Waals surface area contributed by atoms with Crippen molar-refractivity contribution in [2.75, 3.05) is 38.8 Å². The van der Waals surface area contributed by atoms with E-state index in [1.165, 1.54) is 4.90 Å². The second-order valence-electron chi connectivity index (χ2n) is 6.80. The van der Waals surface area contributed by atoms with Crippen molar-refractivity contribution in [2.45, 2.75) is 31.3 Å². The number of hydrogen-bond donors (Lipinski definition) is 0. The van der Waals surface area contributed by atoms with Crippen LogP contribution in [0.1, 0.15) is 19.3 Å². The van der Waals surface area contributed by atoms with Crippen LogP contribution in [-0.4, -0.2) is 67.7 Å². The molecule has 7 nitrogen and oxygen atoms in total. The fraction of sp³-hybridized carbons (Fsp3) is 0.556. The van der Waals surface area contributed by atoms with Gasteiger partial charge in [0.15, 0.2) is 0 Å². The highest BCUT2D eigenvalue weighted by molar-refractivity contribution is 6.05. The minimum atomic E-state index is -0.224.